The molecular formula is C24H20FN5OS. The van der Waals surface area contributed by atoms with Gasteiger partial charge in [0.25, 0.3) is 5.56 Å². The third-order valence-corrected chi connectivity index (χ3v) is 5.78. The minimum absolute atomic E-state index is 0.284. The summed E-state index contributed by atoms with van der Waals surface area (Å²) in [5, 5.41) is 13.9. The molecule has 4 aromatic rings. The van der Waals surface area contributed by atoms with Gasteiger partial charge < -0.3 is 5.32 Å². The number of benzene rings is 2. The number of rotatable bonds is 6. The molecule has 0 aliphatic heterocycles. The highest BCUT2D eigenvalue weighted by Crippen LogP contribution is 2.27. The number of nitrogens with one attached hydrogen (secondary N) is 1. The summed E-state index contributed by atoms with van der Waals surface area (Å²) in [7, 11) is 0. The van der Waals surface area contributed by atoms with Crippen LogP contribution < -0.4 is 10.9 Å². The number of hydrogen-bond acceptors (Lipinski definition) is 6. The lowest BCUT2D eigenvalue weighted by Crippen LogP contribution is -2.26. The predicted octanol–water partition coefficient (Wildman–Crippen LogP) is 4.48. The molecule has 0 aliphatic carbocycles. The summed E-state index contributed by atoms with van der Waals surface area (Å²) in [5.74, 6) is 0.0541. The van der Waals surface area contributed by atoms with Gasteiger partial charge in [-0.25, -0.2) is 18.9 Å². The van der Waals surface area contributed by atoms with Crippen molar-refractivity contribution in [3.05, 3.63) is 87.6 Å². The first kappa shape index (κ1) is 21.5. The van der Waals surface area contributed by atoms with Crippen LogP contribution in [0.25, 0.3) is 16.6 Å². The average Bonchev–Trinajstić information content (AvgIpc) is 2.80. The van der Waals surface area contributed by atoms with Crippen LogP contribution in [0.3, 0.4) is 0 Å². The SMILES string of the molecule is CSc1nc(C)c2c(=O)n(-c3ccccc3)c(NCCc3ccc(F)cc3)nc2c1C#N. The van der Waals surface area contributed by atoms with Gasteiger partial charge in [-0.15, -0.1) is 11.8 Å². The van der Waals surface area contributed by atoms with Gasteiger partial charge in [0.15, 0.2) is 0 Å². The highest BCUT2D eigenvalue weighted by Gasteiger charge is 2.20. The van der Waals surface area contributed by atoms with Crippen molar-refractivity contribution in [2.45, 2.75) is 18.4 Å². The van der Waals surface area contributed by atoms with Crippen molar-refractivity contribution in [3.63, 3.8) is 0 Å². The number of halogens is 1. The summed E-state index contributed by atoms with van der Waals surface area (Å²) in [6, 6.07) is 17.7. The Morgan fingerprint density at radius 3 is 2.50 bits per heavy atom. The molecule has 0 atom stereocenters. The smallest absolute Gasteiger partial charge is 0.269 e. The maximum Gasteiger partial charge on any atom is 0.269 e. The van der Waals surface area contributed by atoms with Gasteiger partial charge in [0, 0.05) is 6.54 Å². The zero-order chi connectivity index (χ0) is 22.7. The Bertz CT molecular complexity index is 1380. The Balaban J connectivity index is 1.86. The molecule has 6 nitrogen and oxygen atoms in total. The topological polar surface area (TPSA) is 83.6 Å². The monoisotopic (exact) mass is 445 g/mol. The van der Waals surface area contributed by atoms with E-state index < -0.39 is 0 Å². The maximum atomic E-state index is 13.6. The van der Waals surface area contributed by atoms with Crippen LogP contribution in [-0.2, 0) is 6.42 Å². The molecule has 4 rings (SSSR count). The summed E-state index contributed by atoms with van der Waals surface area (Å²) < 4.78 is 14.7. The molecule has 1 N–H and O–H groups in total. The van der Waals surface area contributed by atoms with Crippen LogP contribution >= 0.6 is 11.8 Å². The number of para-hydroxylation sites is 1. The molecule has 2 heterocycles. The summed E-state index contributed by atoms with van der Waals surface area (Å²) in [6.07, 6.45) is 2.45. The van der Waals surface area contributed by atoms with Crippen molar-refractivity contribution in [2.75, 3.05) is 18.1 Å². The lowest BCUT2D eigenvalue weighted by Gasteiger charge is -2.16. The molecule has 2 aromatic heterocycles. The molecule has 0 spiro atoms. The number of pyridine rings is 1. The van der Waals surface area contributed by atoms with Gasteiger partial charge in [-0.05, 0) is 49.4 Å². The van der Waals surface area contributed by atoms with Crippen LogP contribution in [0.2, 0.25) is 0 Å². The predicted molar refractivity (Wildman–Crippen MR) is 125 cm³/mol. The molecule has 160 valence electrons. The summed E-state index contributed by atoms with van der Waals surface area (Å²) in [4.78, 5) is 22.8. The Hall–Kier alpha value is -3.70. The van der Waals surface area contributed by atoms with Crippen molar-refractivity contribution < 1.29 is 4.39 Å². The fourth-order valence-electron chi connectivity index (χ4n) is 3.55. The van der Waals surface area contributed by atoms with E-state index in [1.807, 2.05) is 36.6 Å². The second-order valence-corrected chi connectivity index (χ2v) is 7.93. The molecule has 8 heteroatoms. The molecule has 0 amide bonds. The first-order chi connectivity index (χ1) is 15.5. The zero-order valence-corrected chi connectivity index (χ0v) is 18.4. The fourth-order valence-corrected chi connectivity index (χ4v) is 4.12. The average molecular weight is 446 g/mol. The Morgan fingerprint density at radius 2 is 1.84 bits per heavy atom. The minimum atomic E-state index is -0.292. The molecule has 2 aromatic carbocycles. The van der Waals surface area contributed by atoms with E-state index in [4.69, 9.17) is 4.98 Å². The molecule has 0 saturated carbocycles. The molecule has 32 heavy (non-hydrogen) atoms. The number of aromatic nitrogens is 3. The molecule has 0 saturated heterocycles. The van der Waals surface area contributed by atoms with Crippen molar-refractivity contribution in [1.82, 2.24) is 14.5 Å². The highest BCUT2D eigenvalue weighted by molar-refractivity contribution is 7.98. The molecule has 0 bridgehead atoms. The van der Waals surface area contributed by atoms with E-state index in [-0.39, 0.29) is 16.9 Å². The number of thioether (sulfide) groups is 1. The quantitative estimate of drug-likeness (QED) is 0.441. The number of aryl methyl sites for hydroxylation is 1. The normalized spacial score (nSPS) is 10.8. The van der Waals surface area contributed by atoms with Gasteiger partial charge >= 0.3 is 0 Å². The molecule has 0 aliphatic rings. The molecular weight excluding hydrogens is 425 g/mol. The van der Waals surface area contributed by atoms with Gasteiger partial charge in [-0.1, -0.05) is 30.3 Å². The van der Waals surface area contributed by atoms with Crippen molar-refractivity contribution in [1.29, 1.82) is 5.26 Å². The minimum Gasteiger partial charge on any atom is -0.355 e. The maximum absolute atomic E-state index is 13.6. The molecule has 0 radical (unpaired) electrons. The van der Waals surface area contributed by atoms with Gasteiger partial charge in [0.05, 0.1) is 16.8 Å². The van der Waals surface area contributed by atoms with E-state index in [0.29, 0.717) is 46.2 Å². The number of anilines is 1. The summed E-state index contributed by atoms with van der Waals surface area (Å²) in [6.45, 7) is 2.22. The van der Waals surface area contributed by atoms with Crippen LogP contribution in [0.15, 0.2) is 64.4 Å². The summed E-state index contributed by atoms with van der Waals surface area (Å²) >= 11 is 1.34. The van der Waals surface area contributed by atoms with E-state index in [9.17, 15) is 14.4 Å². The number of hydrogen-bond donors (Lipinski definition) is 1. The Morgan fingerprint density at radius 1 is 1.12 bits per heavy atom. The zero-order valence-electron chi connectivity index (χ0n) is 17.6. The van der Waals surface area contributed by atoms with Gasteiger partial charge in [0.2, 0.25) is 5.95 Å². The van der Waals surface area contributed by atoms with E-state index in [0.717, 1.165) is 5.56 Å². The number of nitrogens with zero attached hydrogens (tertiary/aromatic N) is 4. The van der Waals surface area contributed by atoms with Crippen LogP contribution in [0.1, 0.15) is 16.8 Å². The summed E-state index contributed by atoms with van der Waals surface area (Å²) in [5.41, 5.74) is 2.48. The van der Waals surface area contributed by atoms with E-state index in [1.165, 1.54) is 28.5 Å². The van der Waals surface area contributed by atoms with Crippen molar-refractivity contribution in [2.24, 2.45) is 0 Å². The van der Waals surface area contributed by atoms with E-state index >= 15 is 0 Å². The lowest BCUT2D eigenvalue weighted by atomic mass is 10.1. The molecule has 0 unspecified atom stereocenters. The third-order valence-electron chi connectivity index (χ3n) is 5.09. The standard InChI is InChI=1S/C24H20FN5OS/c1-15-20-21(19(14-26)22(28-15)32-2)29-24(27-13-12-16-8-10-17(25)11-9-16)30(23(20)31)18-6-4-3-5-7-18/h3-11H,12-13H2,1-2H3,(H,27,29). The largest absolute Gasteiger partial charge is 0.355 e. The van der Waals surface area contributed by atoms with Crippen LogP contribution in [0.5, 0.6) is 0 Å². The second kappa shape index (κ2) is 9.20. The third kappa shape index (κ3) is 4.07. The second-order valence-electron chi connectivity index (χ2n) is 7.13. The first-order valence-electron chi connectivity index (χ1n) is 9.98. The van der Waals surface area contributed by atoms with Crippen molar-refractivity contribution in [3.8, 4) is 11.8 Å². The van der Waals surface area contributed by atoms with Crippen LogP contribution in [0.4, 0.5) is 10.3 Å². The number of fused-ring (bicyclic) bond motifs is 1. The Kier molecular flexibility index (Phi) is 6.19. The lowest BCUT2D eigenvalue weighted by molar-refractivity contribution is 0.627. The highest BCUT2D eigenvalue weighted by atomic mass is 32.2. The van der Waals surface area contributed by atoms with Gasteiger partial charge in [-0.2, -0.15) is 5.26 Å². The van der Waals surface area contributed by atoms with Crippen LogP contribution in [0, 0.1) is 24.1 Å². The van der Waals surface area contributed by atoms with Crippen molar-refractivity contribution >= 4 is 28.6 Å². The van der Waals surface area contributed by atoms with Crippen LogP contribution in [-0.4, -0.2) is 27.3 Å². The van der Waals surface area contributed by atoms with E-state index in [1.54, 1.807) is 19.1 Å². The van der Waals surface area contributed by atoms with Gasteiger partial charge in [0.1, 0.15) is 28.0 Å². The Labute approximate surface area is 188 Å². The molecule has 0 fully saturated rings. The van der Waals surface area contributed by atoms with E-state index in [2.05, 4.69) is 16.4 Å². The fraction of sp³-hybridized carbons (Fsp3) is 0.167. The first-order valence-corrected chi connectivity index (χ1v) is 11.2. The number of nitriles is 1. The van der Waals surface area contributed by atoms with Gasteiger partial charge in [-0.3, -0.25) is 4.79 Å².